The number of fused-ring (bicyclic) bond motifs is 2. The van der Waals surface area contributed by atoms with Crippen LogP contribution in [0.3, 0.4) is 0 Å². The lowest BCUT2D eigenvalue weighted by Crippen LogP contribution is -2.34. The molecule has 1 fully saturated rings. The third kappa shape index (κ3) is 3.36. The van der Waals surface area contributed by atoms with Crippen LogP contribution in [0.1, 0.15) is 33.6 Å². The van der Waals surface area contributed by atoms with Crippen molar-refractivity contribution < 1.29 is 28.6 Å². The molecule has 2 bridgehead atoms. The third-order valence-corrected chi connectivity index (χ3v) is 4.98. The van der Waals surface area contributed by atoms with Gasteiger partial charge in [-0.1, -0.05) is 18.2 Å². The fourth-order valence-corrected chi connectivity index (χ4v) is 3.44. The van der Waals surface area contributed by atoms with E-state index in [1.54, 1.807) is 26.0 Å². The number of rotatable bonds is 2. The van der Waals surface area contributed by atoms with Gasteiger partial charge in [0.2, 0.25) is 0 Å². The maximum atomic E-state index is 12.3. The predicted octanol–water partition coefficient (Wildman–Crippen LogP) is 2.55. The number of allylic oxidation sites excluding steroid dienone is 1. The zero-order valence-electron chi connectivity index (χ0n) is 15.1. The molecule has 0 saturated carbocycles. The molecule has 6 heteroatoms. The largest absolute Gasteiger partial charge is 0.458 e. The Kier molecular flexibility index (Phi) is 4.85. The molecule has 4 atom stereocenters. The van der Waals surface area contributed by atoms with Crippen molar-refractivity contribution in [2.45, 2.75) is 51.9 Å². The summed E-state index contributed by atoms with van der Waals surface area (Å²) in [5.74, 6) is -1.96. The Balaban J connectivity index is 2.00. The lowest BCUT2D eigenvalue weighted by molar-refractivity contribution is -0.148. The average molecular weight is 358 g/mol. The van der Waals surface area contributed by atoms with E-state index in [4.69, 9.17) is 14.2 Å². The summed E-state index contributed by atoms with van der Waals surface area (Å²) >= 11 is 0. The van der Waals surface area contributed by atoms with Crippen LogP contribution in [-0.2, 0) is 28.6 Å². The van der Waals surface area contributed by atoms with Crippen LogP contribution in [-0.4, -0.2) is 36.2 Å². The van der Waals surface area contributed by atoms with E-state index in [0.29, 0.717) is 17.6 Å². The van der Waals surface area contributed by atoms with Crippen molar-refractivity contribution in [2.24, 2.45) is 5.92 Å². The Bertz CT molecular complexity index is 769. The molecule has 0 amide bonds. The Labute approximate surface area is 152 Å². The Hall–Kier alpha value is -2.63. The quantitative estimate of drug-likeness (QED) is 0.327. The lowest BCUT2D eigenvalue weighted by atomic mass is 9.85. The molecule has 0 aromatic carbocycles. The number of esters is 3. The molecule has 0 unspecified atom stereocenters. The molecule has 6 nitrogen and oxygen atoms in total. The Morgan fingerprint density at radius 3 is 2.65 bits per heavy atom. The number of carbonyl (C=O) groups is 3. The SMILES string of the molecule is C=C1C(=O)O[C@@H]2/C=C(/C)C[C@H]3C=C(C[C@@H](OC(=O)/C(C)=C\C)[C@@H]12)C(=O)O3. The minimum Gasteiger partial charge on any atom is -0.458 e. The van der Waals surface area contributed by atoms with Crippen LogP contribution in [0, 0.1) is 5.92 Å². The maximum Gasteiger partial charge on any atom is 0.334 e. The molecule has 2 heterocycles. The molecule has 3 aliphatic rings. The van der Waals surface area contributed by atoms with E-state index < -0.39 is 36.0 Å². The highest BCUT2D eigenvalue weighted by Gasteiger charge is 2.46. The standard InChI is InChI=1S/C20H22O6/c1-5-11(3)18(21)25-16-9-13-8-14(24-20(13)23)6-10(2)7-15-17(16)12(4)19(22)26-15/h5,7-8,14-17H,4,6,9H2,1-3H3/b10-7-,11-5-/t14-,15+,16+,17-/m0/s1. The lowest BCUT2D eigenvalue weighted by Gasteiger charge is -2.26. The first kappa shape index (κ1) is 18.2. The molecule has 0 aromatic rings. The Morgan fingerprint density at radius 1 is 1.23 bits per heavy atom. The number of carbonyl (C=O) groups excluding carboxylic acids is 3. The van der Waals surface area contributed by atoms with Crippen molar-refractivity contribution >= 4 is 17.9 Å². The summed E-state index contributed by atoms with van der Waals surface area (Å²) in [5, 5.41) is 0. The van der Waals surface area contributed by atoms with Crippen molar-refractivity contribution in [3.8, 4) is 0 Å². The number of hydrogen-bond acceptors (Lipinski definition) is 6. The molecular formula is C20H22O6. The third-order valence-electron chi connectivity index (χ3n) is 4.98. The van der Waals surface area contributed by atoms with Gasteiger partial charge in [0, 0.05) is 29.6 Å². The Morgan fingerprint density at radius 2 is 1.96 bits per heavy atom. The van der Waals surface area contributed by atoms with Gasteiger partial charge in [0.25, 0.3) is 0 Å². The highest BCUT2D eigenvalue weighted by Crippen LogP contribution is 2.38. The van der Waals surface area contributed by atoms with Gasteiger partial charge in [0.1, 0.15) is 18.3 Å². The van der Waals surface area contributed by atoms with Crippen molar-refractivity contribution in [1.29, 1.82) is 0 Å². The van der Waals surface area contributed by atoms with Gasteiger partial charge in [-0.3, -0.25) is 0 Å². The molecule has 2 aliphatic heterocycles. The summed E-state index contributed by atoms with van der Waals surface area (Å²) in [5.41, 5.74) is 2.07. The summed E-state index contributed by atoms with van der Waals surface area (Å²) in [4.78, 5) is 36.6. The van der Waals surface area contributed by atoms with E-state index >= 15 is 0 Å². The van der Waals surface area contributed by atoms with Gasteiger partial charge in [-0.25, -0.2) is 14.4 Å². The van der Waals surface area contributed by atoms with Crippen molar-refractivity contribution in [3.63, 3.8) is 0 Å². The highest BCUT2D eigenvalue weighted by atomic mass is 16.6. The van der Waals surface area contributed by atoms with E-state index in [1.165, 1.54) is 0 Å². The molecule has 0 N–H and O–H groups in total. The first-order valence-corrected chi connectivity index (χ1v) is 8.62. The second-order valence-corrected chi connectivity index (χ2v) is 6.89. The predicted molar refractivity (Wildman–Crippen MR) is 92.8 cm³/mol. The molecule has 1 aliphatic carbocycles. The summed E-state index contributed by atoms with van der Waals surface area (Å²) in [6.45, 7) is 9.10. The minimum atomic E-state index is -0.749. The fourth-order valence-electron chi connectivity index (χ4n) is 3.44. The van der Waals surface area contributed by atoms with E-state index in [2.05, 4.69) is 6.58 Å². The van der Waals surface area contributed by atoms with Gasteiger partial charge in [0.15, 0.2) is 0 Å². The van der Waals surface area contributed by atoms with Crippen LogP contribution in [0.4, 0.5) is 0 Å². The van der Waals surface area contributed by atoms with Crippen LogP contribution in [0.15, 0.2) is 47.1 Å². The molecule has 1 saturated heterocycles. The first-order chi connectivity index (χ1) is 12.3. The smallest absolute Gasteiger partial charge is 0.334 e. The van der Waals surface area contributed by atoms with Crippen LogP contribution >= 0.6 is 0 Å². The molecule has 0 radical (unpaired) electrons. The summed E-state index contributed by atoms with van der Waals surface area (Å²) in [6, 6.07) is 0. The van der Waals surface area contributed by atoms with Crippen LogP contribution in [0.2, 0.25) is 0 Å². The monoisotopic (exact) mass is 358 g/mol. The average Bonchev–Trinajstić information content (AvgIpc) is 3.04. The molecule has 26 heavy (non-hydrogen) atoms. The topological polar surface area (TPSA) is 78.9 Å². The zero-order valence-corrected chi connectivity index (χ0v) is 15.1. The van der Waals surface area contributed by atoms with Gasteiger partial charge in [-0.2, -0.15) is 0 Å². The van der Waals surface area contributed by atoms with E-state index in [1.807, 2.05) is 13.0 Å². The van der Waals surface area contributed by atoms with Crippen molar-refractivity contribution in [3.05, 3.63) is 47.1 Å². The van der Waals surface area contributed by atoms with Crippen LogP contribution < -0.4 is 0 Å². The van der Waals surface area contributed by atoms with Crippen LogP contribution in [0.5, 0.6) is 0 Å². The molecular weight excluding hydrogens is 336 g/mol. The summed E-state index contributed by atoms with van der Waals surface area (Å²) in [6.07, 6.45) is 4.26. The van der Waals surface area contributed by atoms with E-state index in [9.17, 15) is 14.4 Å². The number of hydrogen-bond donors (Lipinski definition) is 0. The first-order valence-electron chi connectivity index (χ1n) is 8.62. The highest BCUT2D eigenvalue weighted by molar-refractivity contribution is 5.93. The van der Waals surface area contributed by atoms with Gasteiger partial charge in [-0.15, -0.1) is 0 Å². The normalized spacial score (nSPS) is 33.5. The van der Waals surface area contributed by atoms with E-state index in [0.717, 1.165) is 5.57 Å². The molecule has 138 valence electrons. The minimum absolute atomic E-state index is 0.155. The van der Waals surface area contributed by atoms with Gasteiger partial charge in [0.05, 0.1) is 5.92 Å². The molecule has 0 aromatic heterocycles. The summed E-state index contributed by atoms with van der Waals surface area (Å²) < 4.78 is 16.5. The second-order valence-electron chi connectivity index (χ2n) is 6.89. The van der Waals surface area contributed by atoms with Crippen molar-refractivity contribution in [1.82, 2.24) is 0 Å². The van der Waals surface area contributed by atoms with Gasteiger partial charge in [-0.05, 0) is 32.9 Å². The molecule has 0 spiro atoms. The van der Waals surface area contributed by atoms with Crippen molar-refractivity contribution in [2.75, 3.05) is 0 Å². The number of ether oxygens (including phenoxy) is 3. The summed E-state index contributed by atoms with van der Waals surface area (Å²) in [7, 11) is 0. The zero-order chi connectivity index (χ0) is 19.0. The van der Waals surface area contributed by atoms with Gasteiger partial charge < -0.3 is 14.2 Å². The fraction of sp³-hybridized carbons (Fsp3) is 0.450. The van der Waals surface area contributed by atoms with Crippen LogP contribution in [0.25, 0.3) is 0 Å². The van der Waals surface area contributed by atoms with E-state index in [-0.39, 0.29) is 18.1 Å². The maximum absolute atomic E-state index is 12.3. The van der Waals surface area contributed by atoms with Gasteiger partial charge >= 0.3 is 17.9 Å². The molecule has 3 rings (SSSR count). The second kappa shape index (κ2) is 6.94.